The number of hydrogen-bond donors (Lipinski definition) is 2. The maximum Gasteiger partial charge on any atom is 0.331 e. The summed E-state index contributed by atoms with van der Waals surface area (Å²) in [6.07, 6.45) is 7.68. The van der Waals surface area contributed by atoms with Crippen LogP contribution in [-0.4, -0.2) is 55.0 Å². The Morgan fingerprint density at radius 3 is 2.76 bits per heavy atom. The fourth-order valence-corrected chi connectivity index (χ4v) is 3.44. The summed E-state index contributed by atoms with van der Waals surface area (Å²) in [7, 11) is 1.50. The lowest BCUT2D eigenvalue weighted by Gasteiger charge is -2.17. The van der Waals surface area contributed by atoms with Crippen LogP contribution in [0.15, 0.2) is 24.7 Å². The van der Waals surface area contributed by atoms with Gasteiger partial charge in [0.25, 0.3) is 0 Å². The van der Waals surface area contributed by atoms with Crippen molar-refractivity contribution in [1.29, 1.82) is 0 Å². The molecule has 11 nitrogen and oxygen atoms in total. The van der Waals surface area contributed by atoms with Gasteiger partial charge in [-0.15, -0.1) is 5.10 Å². The number of imide groups is 1. The number of nitrogen functional groups attached to an aromatic ring is 1. The van der Waals surface area contributed by atoms with Crippen LogP contribution in [0.4, 0.5) is 22.2 Å². The van der Waals surface area contributed by atoms with Gasteiger partial charge in [0.15, 0.2) is 11.5 Å². The Hall–Kier alpha value is -3.76. The van der Waals surface area contributed by atoms with E-state index in [1.807, 2.05) is 22.9 Å². The van der Waals surface area contributed by atoms with Crippen molar-refractivity contribution >= 4 is 35.0 Å². The molecule has 1 saturated heterocycles. The number of anilines is 3. The maximum atomic E-state index is 12.6. The molecule has 148 valence electrons. The molecule has 3 aromatic rings. The minimum atomic E-state index is -0.338. The SMILES string of the molecule is CN1C(=O)CN(c2cc(C3CC3)cn3cc(CNc4cnnc(N)n4)nc23)C1=O. The van der Waals surface area contributed by atoms with Gasteiger partial charge >= 0.3 is 6.03 Å². The van der Waals surface area contributed by atoms with Crippen molar-refractivity contribution < 1.29 is 9.59 Å². The molecule has 0 unspecified atom stereocenters. The van der Waals surface area contributed by atoms with E-state index in [0.29, 0.717) is 29.6 Å². The first-order valence-electron chi connectivity index (χ1n) is 9.28. The van der Waals surface area contributed by atoms with Crippen molar-refractivity contribution in [3.8, 4) is 0 Å². The number of imidazole rings is 1. The Bertz CT molecular complexity index is 1140. The van der Waals surface area contributed by atoms with Gasteiger partial charge in [-0.1, -0.05) is 0 Å². The molecule has 29 heavy (non-hydrogen) atoms. The standard InChI is InChI=1S/C18H19N9O2/c1-25-15(28)9-27(18(25)29)13-4-11(10-2-3-10)7-26-8-12(22-16(13)26)5-20-14-6-21-24-17(19)23-14/h4,6-8,10H,2-3,5,9H2,1H3,(H3,19,20,23,24). The number of carbonyl (C=O) groups excluding carboxylic acids is 2. The van der Waals surface area contributed by atoms with Crippen LogP contribution in [0, 0.1) is 0 Å². The van der Waals surface area contributed by atoms with Crippen molar-refractivity contribution in [3.05, 3.63) is 35.9 Å². The zero-order chi connectivity index (χ0) is 20.1. The fraction of sp³-hybridized carbons (Fsp3) is 0.333. The van der Waals surface area contributed by atoms with Crippen LogP contribution in [0.1, 0.15) is 30.0 Å². The second-order valence-corrected chi connectivity index (χ2v) is 7.27. The van der Waals surface area contributed by atoms with Crippen LogP contribution in [0.3, 0.4) is 0 Å². The van der Waals surface area contributed by atoms with E-state index in [4.69, 9.17) is 5.73 Å². The highest BCUT2D eigenvalue weighted by molar-refractivity contribution is 6.13. The van der Waals surface area contributed by atoms with Crippen molar-refractivity contribution in [2.75, 3.05) is 29.5 Å². The van der Waals surface area contributed by atoms with E-state index >= 15 is 0 Å². The summed E-state index contributed by atoms with van der Waals surface area (Å²) >= 11 is 0. The summed E-state index contributed by atoms with van der Waals surface area (Å²) in [4.78, 5) is 35.9. The Morgan fingerprint density at radius 2 is 2.07 bits per heavy atom. The molecule has 1 saturated carbocycles. The van der Waals surface area contributed by atoms with Gasteiger partial charge in [-0.2, -0.15) is 10.1 Å². The lowest BCUT2D eigenvalue weighted by atomic mass is 10.1. The third-order valence-corrected chi connectivity index (χ3v) is 5.15. The van der Waals surface area contributed by atoms with E-state index in [1.54, 1.807) is 0 Å². The number of pyridine rings is 1. The first-order valence-corrected chi connectivity index (χ1v) is 9.28. The largest absolute Gasteiger partial charge is 0.366 e. The Balaban J connectivity index is 1.50. The normalized spacial score (nSPS) is 16.9. The monoisotopic (exact) mass is 393 g/mol. The number of nitrogens with one attached hydrogen (secondary N) is 1. The molecule has 3 aromatic heterocycles. The van der Waals surface area contributed by atoms with Gasteiger partial charge in [0.1, 0.15) is 6.54 Å². The predicted molar refractivity (Wildman–Crippen MR) is 104 cm³/mol. The van der Waals surface area contributed by atoms with Crippen LogP contribution >= 0.6 is 0 Å². The molecule has 4 heterocycles. The number of fused-ring (bicyclic) bond motifs is 1. The third kappa shape index (κ3) is 3.10. The molecular formula is C18H19N9O2. The quantitative estimate of drug-likeness (QED) is 0.613. The van der Waals surface area contributed by atoms with Crippen LogP contribution in [-0.2, 0) is 11.3 Å². The molecule has 0 radical (unpaired) electrons. The van der Waals surface area contributed by atoms with Crippen molar-refractivity contribution in [2.45, 2.75) is 25.3 Å². The number of carbonyl (C=O) groups is 2. The molecule has 0 spiro atoms. The van der Waals surface area contributed by atoms with Crippen molar-refractivity contribution in [3.63, 3.8) is 0 Å². The molecule has 11 heteroatoms. The number of nitrogens with two attached hydrogens (primary N) is 1. The average molecular weight is 393 g/mol. The maximum absolute atomic E-state index is 12.6. The lowest BCUT2D eigenvalue weighted by molar-refractivity contribution is -0.123. The molecular weight excluding hydrogens is 374 g/mol. The molecule has 0 aromatic carbocycles. The first kappa shape index (κ1) is 17.3. The Labute approximate surface area is 165 Å². The molecule has 1 aliphatic heterocycles. The number of rotatable bonds is 5. The summed E-state index contributed by atoms with van der Waals surface area (Å²) < 4.78 is 1.92. The van der Waals surface area contributed by atoms with Gasteiger partial charge in [0, 0.05) is 19.4 Å². The van der Waals surface area contributed by atoms with Crippen LogP contribution < -0.4 is 16.0 Å². The zero-order valence-corrected chi connectivity index (χ0v) is 15.7. The van der Waals surface area contributed by atoms with Gasteiger partial charge < -0.3 is 15.5 Å². The summed E-state index contributed by atoms with van der Waals surface area (Å²) in [5.41, 5.74) is 8.73. The van der Waals surface area contributed by atoms with Crippen LogP contribution in [0.2, 0.25) is 0 Å². The van der Waals surface area contributed by atoms with E-state index in [0.717, 1.165) is 29.0 Å². The molecule has 3 N–H and O–H groups in total. The number of nitrogens with zero attached hydrogens (tertiary/aromatic N) is 7. The number of hydrogen-bond acceptors (Lipinski definition) is 8. The highest BCUT2D eigenvalue weighted by Gasteiger charge is 2.36. The summed E-state index contributed by atoms with van der Waals surface area (Å²) in [6.45, 7) is 0.413. The van der Waals surface area contributed by atoms with Crippen LogP contribution in [0.5, 0.6) is 0 Å². The highest BCUT2D eigenvalue weighted by Crippen LogP contribution is 2.42. The van der Waals surface area contributed by atoms with E-state index in [2.05, 4.69) is 25.5 Å². The van der Waals surface area contributed by atoms with Crippen LogP contribution in [0.25, 0.3) is 5.65 Å². The molecule has 0 bridgehead atoms. The smallest absolute Gasteiger partial charge is 0.331 e. The number of likely N-dealkylation sites (N-methyl/N-ethyl adjacent to an activating group) is 1. The van der Waals surface area contributed by atoms with Gasteiger partial charge in [0.2, 0.25) is 11.9 Å². The van der Waals surface area contributed by atoms with Crippen molar-refractivity contribution in [1.82, 2.24) is 29.5 Å². The van der Waals surface area contributed by atoms with Crippen molar-refractivity contribution in [2.24, 2.45) is 0 Å². The third-order valence-electron chi connectivity index (χ3n) is 5.15. The predicted octanol–water partition coefficient (Wildman–Crippen LogP) is 0.989. The Morgan fingerprint density at radius 1 is 1.24 bits per heavy atom. The van der Waals surface area contributed by atoms with E-state index in [9.17, 15) is 9.59 Å². The molecule has 3 amide bonds. The topological polar surface area (TPSA) is 135 Å². The zero-order valence-electron chi connectivity index (χ0n) is 15.7. The molecule has 5 rings (SSSR count). The number of urea groups is 1. The summed E-state index contributed by atoms with van der Waals surface area (Å²) in [5, 5.41) is 10.5. The van der Waals surface area contributed by atoms with Gasteiger partial charge in [0.05, 0.1) is 24.1 Å². The molecule has 0 atom stereocenters. The number of aromatic nitrogens is 5. The van der Waals surface area contributed by atoms with E-state index < -0.39 is 0 Å². The van der Waals surface area contributed by atoms with E-state index in [-0.39, 0.29) is 24.4 Å². The summed E-state index contributed by atoms with van der Waals surface area (Å²) in [5.74, 6) is 0.841. The molecule has 1 aliphatic carbocycles. The minimum absolute atomic E-state index is 0.0193. The fourth-order valence-electron chi connectivity index (χ4n) is 3.44. The lowest BCUT2D eigenvalue weighted by Crippen LogP contribution is -2.30. The second kappa shape index (κ2) is 6.40. The average Bonchev–Trinajstić information content (AvgIpc) is 3.42. The second-order valence-electron chi connectivity index (χ2n) is 7.27. The highest BCUT2D eigenvalue weighted by atomic mass is 16.2. The number of amides is 3. The Kier molecular flexibility index (Phi) is 3.83. The summed E-state index contributed by atoms with van der Waals surface area (Å²) in [6, 6.07) is 1.64. The van der Waals surface area contributed by atoms with Gasteiger partial charge in [-0.05, 0) is 30.4 Å². The molecule has 2 aliphatic rings. The van der Waals surface area contributed by atoms with Gasteiger partial charge in [-0.25, -0.2) is 9.78 Å². The van der Waals surface area contributed by atoms with E-state index in [1.165, 1.54) is 18.1 Å². The first-order chi connectivity index (χ1) is 14.0. The van der Waals surface area contributed by atoms with Gasteiger partial charge in [-0.3, -0.25) is 14.6 Å². The minimum Gasteiger partial charge on any atom is -0.366 e. The molecule has 2 fully saturated rings.